The number of carboxylic acids is 1. The van der Waals surface area contributed by atoms with Crippen molar-refractivity contribution >= 4 is 17.6 Å². The smallest absolute Gasteiger partial charge is 0.416 e. The summed E-state index contributed by atoms with van der Waals surface area (Å²) >= 11 is 0. The molecule has 0 saturated carbocycles. The van der Waals surface area contributed by atoms with Crippen LogP contribution in [0.25, 0.3) is 0 Å². The number of halogens is 3. The average molecular weight is 346 g/mol. The Balaban J connectivity index is 3.15. The summed E-state index contributed by atoms with van der Waals surface area (Å²) < 4.78 is 38.7. The number of hydrogen-bond donors (Lipinski definition) is 2. The topological polar surface area (TPSA) is 69.6 Å². The van der Waals surface area contributed by atoms with Gasteiger partial charge in [-0.1, -0.05) is 19.9 Å². The zero-order valence-electron chi connectivity index (χ0n) is 13.7. The number of alkyl halides is 3. The van der Waals surface area contributed by atoms with Gasteiger partial charge in [-0.2, -0.15) is 13.2 Å². The van der Waals surface area contributed by atoms with Gasteiger partial charge in [-0.05, 0) is 24.1 Å². The Morgan fingerprint density at radius 2 is 1.92 bits per heavy atom. The molecule has 1 aromatic rings. The Morgan fingerprint density at radius 3 is 2.38 bits per heavy atom. The molecule has 0 bridgehead atoms. The second kappa shape index (κ2) is 8.14. The molecule has 1 rings (SSSR count). The minimum Gasteiger partial charge on any atom is -0.480 e. The summed E-state index contributed by atoms with van der Waals surface area (Å²) in [5, 5.41) is 11.4. The lowest BCUT2D eigenvalue weighted by molar-refractivity contribution is -0.138. The molecule has 1 atom stereocenters. The summed E-state index contributed by atoms with van der Waals surface area (Å²) in [6, 6.07) is 4.06. The van der Waals surface area contributed by atoms with Crippen LogP contribution in [-0.4, -0.2) is 36.1 Å². The van der Waals surface area contributed by atoms with Crippen molar-refractivity contribution in [3.8, 4) is 0 Å². The monoisotopic (exact) mass is 346 g/mol. The largest absolute Gasteiger partial charge is 0.480 e. The first-order valence-corrected chi connectivity index (χ1v) is 7.43. The van der Waals surface area contributed by atoms with Crippen LogP contribution in [0.4, 0.5) is 18.9 Å². The molecule has 134 valence electrons. The number of aliphatic carboxylic acids is 1. The second-order valence-corrected chi connectivity index (χ2v) is 5.77. The summed E-state index contributed by atoms with van der Waals surface area (Å²) in [7, 11) is 0. The number of carbonyl (C=O) groups excluding carboxylic acids is 1. The number of benzene rings is 1. The van der Waals surface area contributed by atoms with Crippen LogP contribution < -0.4 is 10.2 Å². The van der Waals surface area contributed by atoms with Crippen LogP contribution in [-0.2, 0) is 15.8 Å². The fourth-order valence-electron chi connectivity index (χ4n) is 2.39. The zero-order valence-corrected chi connectivity index (χ0v) is 13.7. The summed E-state index contributed by atoms with van der Waals surface area (Å²) in [5.74, 6) is -1.55. The van der Waals surface area contributed by atoms with Gasteiger partial charge in [0.2, 0.25) is 5.91 Å². The maximum atomic E-state index is 12.9. The highest BCUT2D eigenvalue weighted by Crippen LogP contribution is 2.32. The minimum absolute atomic E-state index is 0.0928. The van der Waals surface area contributed by atoms with E-state index in [1.54, 1.807) is 0 Å². The van der Waals surface area contributed by atoms with E-state index in [1.165, 1.54) is 24.0 Å². The molecule has 0 radical (unpaired) electrons. The molecule has 0 heterocycles. The van der Waals surface area contributed by atoms with Crippen LogP contribution in [0, 0.1) is 5.92 Å². The van der Waals surface area contributed by atoms with Crippen LogP contribution in [0.5, 0.6) is 0 Å². The molecule has 5 nitrogen and oxygen atoms in total. The molecule has 0 aliphatic rings. The second-order valence-electron chi connectivity index (χ2n) is 5.77. The summed E-state index contributed by atoms with van der Waals surface area (Å²) in [6.07, 6.45) is -4.51. The lowest BCUT2D eigenvalue weighted by Crippen LogP contribution is -2.49. The van der Waals surface area contributed by atoms with Crippen molar-refractivity contribution in [2.45, 2.75) is 33.0 Å². The van der Waals surface area contributed by atoms with Crippen LogP contribution in [0.1, 0.15) is 26.3 Å². The fraction of sp³-hybridized carbons (Fsp3) is 0.500. The van der Waals surface area contributed by atoms with Crippen LogP contribution in [0.15, 0.2) is 24.3 Å². The maximum absolute atomic E-state index is 12.9. The van der Waals surface area contributed by atoms with Crippen LogP contribution >= 0.6 is 0 Å². The van der Waals surface area contributed by atoms with Gasteiger partial charge >= 0.3 is 12.1 Å². The Bertz CT molecular complexity index is 588. The van der Waals surface area contributed by atoms with E-state index in [-0.39, 0.29) is 24.7 Å². The number of carbonyl (C=O) groups is 2. The van der Waals surface area contributed by atoms with E-state index in [9.17, 15) is 22.8 Å². The average Bonchev–Trinajstić information content (AvgIpc) is 2.44. The van der Waals surface area contributed by atoms with Gasteiger partial charge in [0.15, 0.2) is 0 Å². The number of anilines is 1. The van der Waals surface area contributed by atoms with Gasteiger partial charge in [-0.15, -0.1) is 0 Å². The van der Waals surface area contributed by atoms with E-state index >= 15 is 0 Å². The number of nitrogens with zero attached hydrogens (tertiary/aromatic N) is 1. The van der Waals surface area contributed by atoms with Gasteiger partial charge in [0.1, 0.15) is 0 Å². The van der Waals surface area contributed by atoms with Crippen molar-refractivity contribution in [3.63, 3.8) is 0 Å². The highest BCUT2D eigenvalue weighted by Gasteiger charge is 2.32. The molecule has 2 N–H and O–H groups in total. The highest BCUT2D eigenvalue weighted by atomic mass is 19.4. The molecule has 8 heteroatoms. The molecule has 1 amide bonds. The van der Waals surface area contributed by atoms with Crippen molar-refractivity contribution < 1.29 is 27.9 Å². The van der Waals surface area contributed by atoms with E-state index < -0.39 is 29.7 Å². The number of hydrogen-bond acceptors (Lipinski definition) is 3. The summed E-state index contributed by atoms with van der Waals surface area (Å²) in [5.41, 5.74) is -0.708. The highest BCUT2D eigenvalue weighted by molar-refractivity contribution is 5.92. The fourth-order valence-corrected chi connectivity index (χ4v) is 2.39. The molecular formula is C16H21F3N2O3. The molecule has 0 spiro atoms. The zero-order chi connectivity index (χ0) is 18.5. The number of amides is 1. The van der Waals surface area contributed by atoms with Crippen LogP contribution in [0.2, 0.25) is 0 Å². The van der Waals surface area contributed by atoms with E-state index in [1.807, 2.05) is 13.8 Å². The van der Waals surface area contributed by atoms with Crippen molar-refractivity contribution in [1.82, 2.24) is 5.32 Å². The Labute approximate surface area is 138 Å². The van der Waals surface area contributed by atoms with Gasteiger partial charge in [-0.25, -0.2) is 0 Å². The minimum atomic E-state index is -4.51. The van der Waals surface area contributed by atoms with Crippen molar-refractivity contribution in [2.75, 3.05) is 18.0 Å². The third-order valence-electron chi connectivity index (χ3n) is 3.52. The van der Waals surface area contributed by atoms with E-state index in [0.29, 0.717) is 0 Å². The van der Waals surface area contributed by atoms with Crippen molar-refractivity contribution in [2.24, 2.45) is 5.92 Å². The first kappa shape index (κ1) is 20.0. The first-order chi connectivity index (χ1) is 11.0. The SMILES string of the molecule is CC(=O)N(c1cccc(C(F)(F)F)c1)C(CNCC(=O)O)C(C)C. The molecular weight excluding hydrogens is 325 g/mol. The molecule has 0 saturated heterocycles. The lowest BCUT2D eigenvalue weighted by atomic mass is 10.0. The lowest BCUT2D eigenvalue weighted by Gasteiger charge is -2.34. The molecule has 0 fully saturated rings. The van der Waals surface area contributed by atoms with Crippen LogP contribution in [0.3, 0.4) is 0 Å². The van der Waals surface area contributed by atoms with E-state index in [4.69, 9.17) is 5.11 Å². The maximum Gasteiger partial charge on any atom is 0.416 e. The Kier molecular flexibility index (Phi) is 6.77. The van der Waals surface area contributed by atoms with Gasteiger partial charge in [0.25, 0.3) is 0 Å². The van der Waals surface area contributed by atoms with Crippen molar-refractivity contribution in [1.29, 1.82) is 0 Å². The molecule has 0 aromatic heterocycles. The van der Waals surface area contributed by atoms with E-state index in [0.717, 1.165) is 12.1 Å². The van der Waals surface area contributed by atoms with Gasteiger partial charge < -0.3 is 15.3 Å². The Hall–Kier alpha value is -2.09. The third-order valence-corrected chi connectivity index (χ3v) is 3.52. The molecule has 24 heavy (non-hydrogen) atoms. The van der Waals surface area contributed by atoms with Gasteiger partial charge in [0, 0.05) is 19.2 Å². The van der Waals surface area contributed by atoms with Gasteiger partial charge in [-0.3, -0.25) is 9.59 Å². The van der Waals surface area contributed by atoms with Crippen molar-refractivity contribution in [3.05, 3.63) is 29.8 Å². The number of carboxylic acid groups (broad SMARTS) is 1. The molecule has 1 unspecified atom stereocenters. The Morgan fingerprint density at radius 1 is 1.29 bits per heavy atom. The summed E-state index contributed by atoms with van der Waals surface area (Å²) in [4.78, 5) is 23.9. The third kappa shape index (κ3) is 5.52. The molecule has 1 aromatic carbocycles. The number of rotatable bonds is 7. The molecule has 0 aliphatic heterocycles. The first-order valence-electron chi connectivity index (χ1n) is 7.43. The van der Waals surface area contributed by atoms with Gasteiger partial charge in [0.05, 0.1) is 18.2 Å². The predicted molar refractivity (Wildman–Crippen MR) is 83.7 cm³/mol. The summed E-state index contributed by atoms with van der Waals surface area (Å²) in [6.45, 7) is 4.76. The quantitative estimate of drug-likeness (QED) is 0.797. The van der Waals surface area contributed by atoms with E-state index in [2.05, 4.69) is 5.32 Å². The predicted octanol–water partition coefficient (Wildman–Crippen LogP) is 2.76. The normalized spacial score (nSPS) is 13.0. The number of nitrogens with one attached hydrogen (secondary N) is 1. The molecule has 0 aliphatic carbocycles. The standard InChI is InChI=1S/C16H21F3N2O3/c1-10(2)14(8-20-9-15(23)24)21(11(3)22)13-6-4-5-12(7-13)16(17,18)19/h4-7,10,14,20H,8-9H2,1-3H3,(H,23,24).